The van der Waals surface area contributed by atoms with Gasteiger partial charge in [-0.3, -0.25) is 4.79 Å². The van der Waals surface area contributed by atoms with Gasteiger partial charge in [-0.1, -0.05) is 12.1 Å². The number of thiophene rings is 1. The summed E-state index contributed by atoms with van der Waals surface area (Å²) < 4.78 is 11.3. The van der Waals surface area contributed by atoms with Crippen LogP contribution in [0.5, 0.6) is 11.5 Å². The van der Waals surface area contributed by atoms with Crippen molar-refractivity contribution in [2.75, 3.05) is 6.61 Å². The summed E-state index contributed by atoms with van der Waals surface area (Å²) in [6.45, 7) is 4.98. The second-order valence-corrected chi connectivity index (χ2v) is 5.30. The number of carbonyl (C=O) groups is 1. The van der Waals surface area contributed by atoms with Gasteiger partial charge in [0.25, 0.3) is 0 Å². The molecular formula is C15H16O3S. The number of aryl methyl sites for hydroxylation is 1. The Labute approximate surface area is 116 Å². The fourth-order valence-electron chi connectivity index (χ4n) is 1.75. The predicted octanol–water partition coefficient (Wildman–Crippen LogP) is 3.85. The maximum absolute atomic E-state index is 10.7. The van der Waals surface area contributed by atoms with Gasteiger partial charge in [0, 0.05) is 10.4 Å². The third-order valence-corrected chi connectivity index (χ3v) is 3.71. The molecule has 3 nitrogen and oxygen atoms in total. The van der Waals surface area contributed by atoms with Crippen molar-refractivity contribution in [3.63, 3.8) is 0 Å². The zero-order valence-electron chi connectivity index (χ0n) is 11.0. The van der Waals surface area contributed by atoms with Gasteiger partial charge in [0.1, 0.15) is 6.61 Å². The van der Waals surface area contributed by atoms with Gasteiger partial charge in [-0.2, -0.15) is 0 Å². The highest BCUT2D eigenvalue weighted by Gasteiger charge is 2.08. The maximum Gasteiger partial charge on any atom is 0.161 e. The summed E-state index contributed by atoms with van der Waals surface area (Å²) in [7, 11) is 0. The monoisotopic (exact) mass is 276 g/mol. The Hall–Kier alpha value is -1.81. The smallest absolute Gasteiger partial charge is 0.161 e. The van der Waals surface area contributed by atoms with E-state index in [2.05, 4.69) is 0 Å². The minimum atomic E-state index is 0.445. The van der Waals surface area contributed by atoms with E-state index in [0.717, 1.165) is 33.1 Å². The summed E-state index contributed by atoms with van der Waals surface area (Å²) in [6.07, 6.45) is 0.870. The lowest BCUT2D eigenvalue weighted by molar-refractivity contribution is 0.112. The molecule has 100 valence electrons. The molecule has 0 spiro atoms. The van der Waals surface area contributed by atoms with Crippen LogP contribution in [0.2, 0.25) is 0 Å². The quantitative estimate of drug-likeness (QED) is 0.752. The third-order valence-electron chi connectivity index (χ3n) is 2.69. The van der Waals surface area contributed by atoms with Gasteiger partial charge >= 0.3 is 0 Å². The maximum atomic E-state index is 10.7. The van der Waals surface area contributed by atoms with E-state index < -0.39 is 0 Å². The first-order chi connectivity index (χ1) is 9.24. The number of rotatable bonds is 6. The van der Waals surface area contributed by atoms with Crippen molar-refractivity contribution in [3.8, 4) is 11.5 Å². The van der Waals surface area contributed by atoms with E-state index >= 15 is 0 Å². The third kappa shape index (κ3) is 3.35. The van der Waals surface area contributed by atoms with Crippen LogP contribution in [0.3, 0.4) is 0 Å². The van der Waals surface area contributed by atoms with Crippen LogP contribution in [-0.4, -0.2) is 12.9 Å². The van der Waals surface area contributed by atoms with Crippen LogP contribution < -0.4 is 9.47 Å². The molecule has 0 saturated carbocycles. The molecule has 0 aliphatic heterocycles. The highest BCUT2D eigenvalue weighted by Crippen LogP contribution is 2.28. The van der Waals surface area contributed by atoms with Crippen LogP contribution in [0.15, 0.2) is 30.3 Å². The second kappa shape index (κ2) is 6.38. The Morgan fingerprint density at radius 2 is 1.89 bits per heavy atom. The Bertz CT molecular complexity index is 560. The molecule has 4 heteroatoms. The van der Waals surface area contributed by atoms with Crippen LogP contribution >= 0.6 is 11.3 Å². The lowest BCUT2D eigenvalue weighted by Crippen LogP contribution is -1.99. The van der Waals surface area contributed by atoms with Crippen LogP contribution in [-0.2, 0) is 6.61 Å². The molecule has 2 rings (SSSR count). The highest BCUT2D eigenvalue weighted by molar-refractivity contribution is 7.13. The minimum absolute atomic E-state index is 0.445. The Kier molecular flexibility index (Phi) is 4.58. The number of hydrogen-bond donors (Lipinski definition) is 0. The molecule has 0 fully saturated rings. The molecule has 0 amide bonds. The number of ether oxygens (including phenoxy) is 2. The molecule has 1 aromatic heterocycles. The molecule has 0 unspecified atom stereocenters. The predicted molar refractivity (Wildman–Crippen MR) is 76.4 cm³/mol. The largest absolute Gasteiger partial charge is 0.490 e. The standard InChI is InChI=1S/C15H16O3S/c1-3-17-14-6-4-5-7-15(14)18-10-12-8-13(9-16)19-11(12)2/h4-9H,3,10H2,1-2H3. The molecule has 0 saturated heterocycles. The Balaban J connectivity index is 2.09. The van der Waals surface area contributed by atoms with Crippen LogP contribution in [0.1, 0.15) is 27.0 Å². The number of carbonyl (C=O) groups excluding carboxylic acids is 1. The van der Waals surface area contributed by atoms with E-state index in [1.54, 1.807) is 0 Å². The summed E-state index contributed by atoms with van der Waals surface area (Å²) in [5, 5.41) is 0. The number of hydrogen-bond acceptors (Lipinski definition) is 4. The van der Waals surface area contributed by atoms with E-state index in [0.29, 0.717) is 13.2 Å². The van der Waals surface area contributed by atoms with Gasteiger partial charge in [0.2, 0.25) is 0 Å². The van der Waals surface area contributed by atoms with Crippen LogP contribution in [0, 0.1) is 6.92 Å². The first-order valence-corrected chi connectivity index (χ1v) is 6.95. The van der Waals surface area contributed by atoms with Gasteiger partial charge < -0.3 is 9.47 Å². The van der Waals surface area contributed by atoms with Crippen molar-refractivity contribution in [2.45, 2.75) is 20.5 Å². The van der Waals surface area contributed by atoms with E-state index in [4.69, 9.17) is 9.47 Å². The summed E-state index contributed by atoms with van der Waals surface area (Å²) in [6, 6.07) is 9.47. The first-order valence-electron chi connectivity index (χ1n) is 6.13. The molecule has 1 heterocycles. The zero-order valence-corrected chi connectivity index (χ0v) is 11.8. The van der Waals surface area contributed by atoms with Crippen molar-refractivity contribution in [1.29, 1.82) is 0 Å². The minimum Gasteiger partial charge on any atom is -0.490 e. The van der Waals surface area contributed by atoms with Crippen molar-refractivity contribution in [3.05, 3.63) is 45.6 Å². The van der Waals surface area contributed by atoms with Gasteiger partial charge in [0.05, 0.1) is 11.5 Å². The molecule has 0 radical (unpaired) electrons. The number of benzene rings is 1. The van der Waals surface area contributed by atoms with Crippen molar-refractivity contribution >= 4 is 17.6 Å². The molecule has 2 aromatic rings. The lowest BCUT2D eigenvalue weighted by atomic mass is 10.2. The Morgan fingerprint density at radius 3 is 2.47 bits per heavy atom. The van der Waals surface area contributed by atoms with Gasteiger partial charge in [-0.05, 0) is 32.0 Å². The Morgan fingerprint density at radius 1 is 1.21 bits per heavy atom. The van der Waals surface area contributed by atoms with Crippen molar-refractivity contribution in [2.24, 2.45) is 0 Å². The number of aldehydes is 1. The molecule has 0 aliphatic rings. The van der Waals surface area contributed by atoms with Crippen molar-refractivity contribution in [1.82, 2.24) is 0 Å². The van der Waals surface area contributed by atoms with E-state index in [1.807, 2.05) is 44.2 Å². The highest BCUT2D eigenvalue weighted by atomic mass is 32.1. The van der Waals surface area contributed by atoms with Crippen molar-refractivity contribution < 1.29 is 14.3 Å². The zero-order chi connectivity index (χ0) is 13.7. The summed E-state index contributed by atoms with van der Waals surface area (Å²) >= 11 is 1.48. The second-order valence-electron chi connectivity index (χ2n) is 4.02. The van der Waals surface area contributed by atoms with Gasteiger partial charge in [-0.25, -0.2) is 0 Å². The molecule has 0 atom stereocenters. The van der Waals surface area contributed by atoms with Gasteiger partial charge in [0.15, 0.2) is 17.8 Å². The summed E-state index contributed by atoms with van der Waals surface area (Å²) in [5.74, 6) is 1.47. The SMILES string of the molecule is CCOc1ccccc1OCc1cc(C=O)sc1C. The fourth-order valence-corrected chi connectivity index (χ4v) is 2.60. The topological polar surface area (TPSA) is 35.5 Å². The van der Waals surface area contributed by atoms with Gasteiger partial charge in [-0.15, -0.1) is 11.3 Å². The number of para-hydroxylation sites is 2. The molecule has 0 N–H and O–H groups in total. The fraction of sp³-hybridized carbons (Fsp3) is 0.267. The first kappa shape index (κ1) is 13.6. The molecule has 1 aromatic carbocycles. The molecule has 0 bridgehead atoms. The average Bonchev–Trinajstić information content (AvgIpc) is 2.79. The summed E-state index contributed by atoms with van der Waals surface area (Å²) in [5.41, 5.74) is 1.04. The average molecular weight is 276 g/mol. The van der Waals surface area contributed by atoms with Crippen LogP contribution in [0.25, 0.3) is 0 Å². The van der Waals surface area contributed by atoms with E-state index in [9.17, 15) is 4.79 Å². The molecule has 19 heavy (non-hydrogen) atoms. The van der Waals surface area contributed by atoms with E-state index in [-0.39, 0.29) is 0 Å². The van der Waals surface area contributed by atoms with Crippen LogP contribution in [0.4, 0.5) is 0 Å². The lowest BCUT2D eigenvalue weighted by Gasteiger charge is -2.11. The normalized spacial score (nSPS) is 10.2. The molecule has 0 aliphatic carbocycles. The molecular weight excluding hydrogens is 260 g/mol. The summed E-state index contributed by atoms with van der Waals surface area (Å²) in [4.78, 5) is 12.6. The van der Waals surface area contributed by atoms with E-state index in [1.165, 1.54) is 11.3 Å².